The van der Waals surface area contributed by atoms with Crippen molar-refractivity contribution < 1.29 is 43.3 Å². The molecule has 3 atom stereocenters. The molecule has 1 heterocycles. The van der Waals surface area contributed by atoms with Crippen LogP contribution in [0.25, 0.3) is 0 Å². The van der Waals surface area contributed by atoms with E-state index in [1.807, 2.05) is 63.2 Å². The third-order valence-electron chi connectivity index (χ3n) is 8.28. The third-order valence-corrected chi connectivity index (χ3v) is 8.28. The number of carbonyl (C=O) groups is 5. The van der Waals surface area contributed by atoms with E-state index in [9.17, 15) is 24.0 Å². The van der Waals surface area contributed by atoms with Crippen molar-refractivity contribution in [3.05, 3.63) is 94.5 Å². The number of hydrogen-bond acceptors (Lipinski definition) is 9. The van der Waals surface area contributed by atoms with Gasteiger partial charge in [-0.05, 0) is 67.6 Å². The number of nitrogens with one attached hydrogen (secondary N) is 2. The van der Waals surface area contributed by atoms with Gasteiger partial charge in [0.15, 0.2) is 5.78 Å². The summed E-state index contributed by atoms with van der Waals surface area (Å²) in [5.41, 5.74) is 4.21. The molecule has 51 heavy (non-hydrogen) atoms. The number of para-hydroxylation sites is 1. The molecule has 0 radical (unpaired) electrons. The van der Waals surface area contributed by atoms with E-state index in [-0.39, 0.29) is 37.9 Å². The normalized spacial score (nSPS) is 15.6. The summed E-state index contributed by atoms with van der Waals surface area (Å²) in [6, 6.07) is 18.4. The molecular weight excluding hydrogens is 654 g/mol. The molecule has 274 valence electrons. The predicted molar refractivity (Wildman–Crippen MR) is 192 cm³/mol. The second-order valence-electron chi connectivity index (χ2n) is 12.6. The number of ketones is 1. The number of anilines is 1. The van der Waals surface area contributed by atoms with E-state index in [2.05, 4.69) is 10.6 Å². The summed E-state index contributed by atoms with van der Waals surface area (Å²) in [5.74, 6) is -1.26. The van der Waals surface area contributed by atoms with Crippen molar-refractivity contribution in [2.24, 2.45) is 5.92 Å². The van der Waals surface area contributed by atoms with Crippen LogP contribution >= 0.6 is 0 Å². The van der Waals surface area contributed by atoms with Crippen molar-refractivity contribution in [1.82, 2.24) is 10.6 Å². The molecule has 3 amide bonds. The maximum Gasteiger partial charge on any atom is 0.310 e. The number of carbonyl (C=O) groups excluding carboxylic acids is 5. The van der Waals surface area contributed by atoms with Gasteiger partial charge >= 0.3 is 5.97 Å². The molecule has 12 nitrogen and oxygen atoms in total. The molecule has 3 N–H and O–H groups in total. The third kappa shape index (κ3) is 11.5. The largest absolute Gasteiger partial charge is 0.496 e. The van der Waals surface area contributed by atoms with Crippen LogP contribution in [0, 0.1) is 26.7 Å². The van der Waals surface area contributed by atoms with E-state index in [4.69, 9.17) is 19.3 Å². The molecule has 0 saturated carbocycles. The van der Waals surface area contributed by atoms with Crippen LogP contribution in [0.2, 0.25) is 0 Å². The highest BCUT2D eigenvalue weighted by Crippen LogP contribution is 2.25. The number of hydrogen-bond donors (Lipinski definition) is 3. The average molecular weight is 704 g/mol. The standard InChI is InChI=1S/C34H39N3O7.C5H10O2/c1-6-26(36-32(40)25-16-22(3)31(42-5)23(4)17-25)33(41)37(28-15-11-10-12-21(28)2)19-29(38)35-27-18-30(39)44-34(27)43-20-24-13-8-7-9-14-24;1-4(2)5(7)3-6/h7-17,26-27,34H,6,18-20H2,1-5H3,(H,35,38)(H,36,40);4,6H,3H2,1-2H3. The van der Waals surface area contributed by atoms with Gasteiger partial charge in [0, 0.05) is 17.2 Å². The molecular formula is C39H49N3O9. The van der Waals surface area contributed by atoms with Crippen LogP contribution in [-0.4, -0.2) is 73.2 Å². The van der Waals surface area contributed by atoms with E-state index in [0.29, 0.717) is 23.4 Å². The quantitative estimate of drug-likeness (QED) is 0.208. The molecule has 0 aromatic heterocycles. The predicted octanol–water partition coefficient (Wildman–Crippen LogP) is 4.34. The number of aryl methyl sites for hydroxylation is 3. The molecule has 0 spiro atoms. The van der Waals surface area contributed by atoms with Gasteiger partial charge in [0.1, 0.15) is 31.0 Å². The Morgan fingerprint density at radius 1 is 0.961 bits per heavy atom. The second-order valence-corrected chi connectivity index (χ2v) is 12.6. The lowest BCUT2D eigenvalue weighted by molar-refractivity contribution is -0.168. The maximum absolute atomic E-state index is 14.0. The molecule has 1 aliphatic rings. The summed E-state index contributed by atoms with van der Waals surface area (Å²) in [4.78, 5) is 64.4. The second kappa shape index (κ2) is 19.4. The van der Waals surface area contributed by atoms with Gasteiger partial charge in [-0.1, -0.05) is 69.3 Å². The number of cyclic esters (lactones) is 1. The Bertz CT molecular complexity index is 1650. The highest BCUT2D eigenvalue weighted by Gasteiger charge is 2.38. The maximum atomic E-state index is 14.0. The summed E-state index contributed by atoms with van der Waals surface area (Å²) in [6.45, 7) is 10.4. The van der Waals surface area contributed by atoms with Crippen LogP contribution in [0.3, 0.4) is 0 Å². The molecule has 1 aliphatic heterocycles. The van der Waals surface area contributed by atoms with Crippen LogP contribution in [0.4, 0.5) is 5.69 Å². The number of ether oxygens (including phenoxy) is 3. The van der Waals surface area contributed by atoms with Crippen LogP contribution in [0.5, 0.6) is 5.75 Å². The molecule has 3 aromatic carbocycles. The lowest BCUT2D eigenvalue weighted by atomic mass is 10.0. The van der Waals surface area contributed by atoms with Crippen LogP contribution in [0.15, 0.2) is 66.7 Å². The Morgan fingerprint density at radius 3 is 2.14 bits per heavy atom. The van der Waals surface area contributed by atoms with Crippen molar-refractivity contribution in [1.29, 1.82) is 0 Å². The first-order valence-corrected chi connectivity index (χ1v) is 16.9. The van der Waals surface area contributed by atoms with E-state index in [1.165, 1.54) is 4.90 Å². The van der Waals surface area contributed by atoms with E-state index in [0.717, 1.165) is 22.3 Å². The minimum atomic E-state index is -0.964. The highest BCUT2D eigenvalue weighted by molar-refractivity contribution is 6.05. The summed E-state index contributed by atoms with van der Waals surface area (Å²) >= 11 is 0. The fourth-order valence-corrected chi connectivity index (χ4v) is 5.46. The number of amides is 3. The molecule has 0 aliphatic carbocycles. The fraction of sp³-hybridized carbons (Fsp3) is 0.410. The van der Waals surface area contributed by atoms with Gasteiger partial charge in [0.05, 0.1) is 20.1 Å². The van der Waals surface area contributed by atoms with Gasteiger partial charge in [-0.15, -0.1) is 0 Å². The topological polar surface area (TPSA) is 161 Å². The summed E-state index contributed by atoms with van der Waals surface area (Å²) < 4.78 is 16.5. The molecule has 4 rings (SSSR count). The van der Waals surface area contributed by atoms with Gasteiger partial charge < -0.3 is 34.9 Å². The van der Waals surface area contributed by atoms with Gasteiger partial charge in [-0.3, -0.25) is 24.0 Å². The monoisotopic (exact) mass is 703 g/mol. The SMILES string of the molecule is CC(C)C(=O)CO.CCC(NC(=O)c1cc(C)c(OC)c(C)c1)C(=O)N(CC(=O)NC1CC(=O)OC1OCc1ccccc1)c1ccccc1C. The lowest BCUT2D eigenvalue weighted by Gasteiger charge is -2.29. The summed E-state index contributed by atoms with van der Waals surface area (Å²) in [6.07, 6.45) is -0.727. The van der Waals surface area contributed by atoms with Gasteiger partial charge in [0.25, 0.3) is 5.91 Å². The number of benzene rings is 3. The number of esters is 1. The Labute approximate surface area is 299 Å². The zero-order valence-corrected chi connectivity index (χ0v) is 30.4. The molecule has 3 unspecified atom stereocenters. The zero-order valence-electron chi connectivity index (χ0n) is 30.4. The van der Waals surface area contributed by atoms with Crippen LogP contribution < -0.4 is 20.3 Å². The molecule has 1 saturated heterocycles. The van der Waals surface area contributed by atoms with Crippen molar-refractivity contribution in [3.63, 3.8) is 0 Å². The summed E-state index contributed by atoms with van der Waals surface area (Å²) in [7, 11) is 1.58. The first-order valence-electron chi connectivity index (χ1n) is 16.9. The Balaban J connectivity index is 0.000000908. The number of rotatable bonds is 14. The van der Waals surface area contributed by atoms with E-state index in [1.54, 1.807) is 52.1 Å². The number of aliphatic hydroxyl groups excluding tert-OH is 1. The number of aliphatic hydroxyl groups is 1. The smallest absolute Gasteiger partial charge is 0.310 e. The fourth-order valence-electron chi connectivity index (χ4n) is 5.46. The van der Waals surface area contributed by atoms with E-state index >= 15 is 0 Å². The number of Topliss-reactive ketones (excluding diaryl/α,β-unsaturated/α-hetero) is 1. The summed E-state index contributed by atoms with van der Waals surface area (Å²) in [5, 5.41) is 13.8. The van der Waals surface area contributed by atoms with Crippen molar-refractivity contribution in [3.8, 4) is 5.75 Å². The Hall–Kier alpha value is -5.07. The molecule has 3 aromatic rings. The molecule has 1 fully saturated rings. The minimum absolute atomic E-state index is 0.0231. The van der Waals surface area contributed by atoms with Crippen LogP contribution in [-0.2, 0) is 35.3 Å². The first kappa shape index (κ1) is 40.4. The molecule has 0 bridgehead atoms. The Morgan fingerprint density at radius 2 is 1.59 bits per heavy atom. The van der Waals surface area contributed by atoms with Crippen LogP contribution in [0.1, 0.15) is 66.2 Å². The van der Waals surface area contributed by atoms with Gasteiger partial charge in [-0.2, -0.15) is 0 Å². The zero-order chi connectivity index (χ0) is 37.7. The first-order chi connectivity index (χ1) is 24.3. The Kier molecular flexibility index (Phi) is 15.3. The lowest BCUT2D eigenvalue weighted by Crippen LogP contribution is -2.53. The number of nitrogens with zero attached hydrogens (tertiary/aromatic N) is 1. The van der Waals surface area contributed by atoms with E-state index < -0.39 is 42.1 Å². The highest BCUT2D eigenvalue weighted by atomic mass is 16.7. The van der Waals surface area contributed by atoms with Crippen molar-refractivity contribution in [2.45, 2.75) is 79.4 Å². The van der Waals surface area contributed by atoms with Crippen molar-refractivity contribution >= 4 is 35.2 Å². The van der Waals surface area contributed by atoms with Crippen molar-refractivity contribution in [2.75, 3.05) is 25.2 Å². The minimum Gasteiger partial charge on any atom is -0.496 e. The molecule has 12 heteroatoms. The van der Waals surface area contributed by atoms with Gasteiger partial charge in [0.2, 0.25) is 18.1 Å². The van der Waals surface area contributed by atoms with Gasteiger partial charge in [-0.25, -0.2) is 0 Å². The number of methoxy groups -OCH3 is 1. The average Bonchev–Trinajstić information content (AvgIpc) is 3.46.